The first-order chi connectivity index (χ1) is 11.3. The van der Waals surface area contributed by atoms with Crippen molar-refractivity contribution in [3.05, 3.63) is 18.2 Å². The number of aromatic nitrogens is 1. The molecular formula is C18H30N4O. The molecule has 0 spiro atoms. The lowest BCUT2D eigenvalue weighted by Gasteiger charge is -2.27. The molecule has 5 nitrogen and oxygen atoms in total. The molecule has 128 valence electrons. The van der Waals surface area contributed by atoms with E-state index in [9.17, 15) is 0 Å². The van der Waals surface area contributed by atoms with Gasteiger partial charge < -0.3 is 15.4 Å². The van der Waals surface area contributed by atoms with Crippen LogP contribution >= 0.6 is 0 Å². The molecule has 1 saturated carbocycles. The van der Waals surface area contributed by atoms with Crippen molar-refractivity contribution in [2.24, 2.45) is 5.92 Å². The number of pyridine rings is 1. The maximum atomic E-state index is 5.38. The highest BCUT2D eigenvalue weighted by Gasteiger charge is 2.18. The third-order valence-electron chi connectivity index (χ3n) is 4.95. The molecule has 3 rings (SSSR count). The highest BCUT2D eigenvalue weighted by Crippen LogP contribution is 2.25. The molecule has 1 aliphatic heterocycles. The minimum Gasteiger partial charge on any atom is -0.379 e. The van der Waals surface area contributed by atoms with Gasteiger partial charge in [0.25, 0.3) is 0 Å². The largest absolute Gasteiger partial charge is 0.379 e. The fourth-order valence-electron chi connectivity index (χ4n) is 3.39. The molecular weight excluding hydrogens is 288 g/mol. The maximum absolute atomic E-state index is 5.38. The van der Waals surface area contributed by atoms with Gasteiger partial charge in [0.1, 0.15) is 11.6 Å². The Morgan fingerprint density at radius 3 is 2.65 bits per heavy atom. The van der Waals surface area contributed by atoms with Gasteiger partial charge in [-0.3, -0.25) is 4.90 Å². The molecule has 23 heavy (non-hydrogen) atoms. The summed E-state index contributed by atoms with van der Waals surface area (Å²) >= 11 is 0. The summed E-state index contributed by atoms with van der Waals surface area (Å²) in [5, 5.41) is 7.05. The summed E-state index contributed by atoms with van der Waals surface area (Å²) in [4.78, 5) is 7.14. The van der Waals surface area contributed by atoms with Crippen LogP contribution in [0.5, 0.6) is 0 Å². The van der Waals surface area contributed by atoms with E-state index >= 15 is 0 Å². The van der Waals surface area contributed by atoms with E-state index in [0.717, 1.165) is 56.9 Å². The lowest BCUT2D eigenvalue weighted by molar-refractivity contribution is 0.0398. The van der Waals surface area contributed by atoms with Crippen molar-refractivity contribution >= 4 is 11.6 Å². The zero-order valence-corrected chi connectivity index (χ0v) is 14.3. The van der Waals surface area contributed by atoms with Gasteiger partial charge in [-0.05, 0) is 43.7 Å². The van der Waals surface area contributed by atoms with E-state index in [0.29, 0.717) is 6.04 Å². The average Bonchev–Trinajstić information content (AvgIpc) is 2.58. The Kier molecular flexibility index (Phi) is 6.11. The SMILES string of the molecule is CC1CCC(Nc2cccc(NCCN3CCOCC3)n2)CC1. The lowest BCUT2D eigenvalue weighted by atomic mass is 9.87. The predicted octanol–water partition coefficient (Wildman–Crippen LogP) is 2.82. The van der Waals surface area contributed by atoms with E-state index < -0.39 is 0 Å². The third kappa shape index (κ3) is 5.36. The zero-order chi connectivity index (χ0) is 15.9. The summed E-state index contributed by atoms with van der Waals surface area (Å²) in [7, 11) is 0. The molecule has 2 fully saturated rings. The van der Waals surface area contributed by atoms with Crippen LogP contribution in [0, 0.1) is 5.92 Å². The molecule has 1 aromatic heterocycles. The van der Waals surface area contributed by atoms with Crippen LogP contribution in [0.15, 0.2) is 18.2 Å². The number of morpholine rings is 1. The second-order valence-corrected chi connectivity index (χ2v) is 6.89. The Labute approximate surface area is 139 Å². The molecule has 2 aliphatic rings. The number of anilines is 2. The van der Waals surface area contributed by atoms with Crippen molar-refractivity contribution in [3.63, 3.8) is 0 Å². The van der Waals surface area contributed by atoms with Crippen LogP contribution in [0.25, 0.3) is 0 Å². The summed E-state index contributed by atoms with van der Waals surface area (Å²) in [6, 6.07) is 6.79. The summed E-state index contributed by atoms with van der Waals surface area (Å²) in [5.41, 5.74) is 0. The number of ether oxygens (including phenoxy) is 1. The van der Waals surface area contributed by atoms with Gasteiger partial charge in [0.2, 0.25) is 0 Å². The van der Waals surface area contributed by atoms with Crippen molar-refractivity contribution in [3.8, 4) is 0 Å². The first-order valence-electron chi connectivity index (χ1n) is 9.07. The van der Waals surface area contributed by atoms with E-state index in [4.69, 9.17) is 9.72 Å². The lowest BCUT2D eigenvalue weighted by Crippen LogP contribution is -2.39. The van der Waals surface area contributed by atoms with Gasteiger partial charge in [-0.2, -0.15) is 0 Å². The summed E-state index contributed by atoms with van der Waals surface area (Å²) < 4.78 is 5.38. The Hall–Kier alpha value is -1.33. The van der Waals surface area contributed by atoms with Crippen molar-refractivity contribution in [2.45, 2.75) is 38.6 Å². The fraction of sp³-hybridized carbons (Fsp3) is 0.722. The standard InChI is InChI=1S/C18H30N4O/c1-15-5-7-16(8-6-15)20-18-4-2-3-17(21-18)19-9-10-22-11-13-23-14-12-22/h2-4,15-16H,5-14H2,1H3,(H2,19,20,21). The normalized spacial score (nSPS) is 26.0. The number of nitrogens with zero attached hydrogens (tertiary/aromatic N) is 2. The Morgan fingerprint density at radius 1 is 1.13 bits per heavy atom. The van der Waals surface area contributed by atoms with Crippen LogP contribution in [-0.4, -0.2) is 55.3 Å². The molecule has 0 radical (unpaired) electrons. The molecule has 5 heteroatoms. The van der Waals surface area contributed by atoms with E-state index in [1.54, 1.807) is 0 Å². The number of rotatable bonds is 6. The van der Waals surface area contributed by atoms with Crippen LogP contribution in [-0.2, 0) is 4.74 Å². The van der Waals surface area contributed by atoms with E-state index in [1.807, 2.05) is 6.07 Å². The molecule has 0 aromatic carbocycles. The topological polar surface area (TPSA) is 49.4 Å². The van der Waals surface area contributed by atoms with Crippen molar-refractivity contribution < 1.29 is 4.74 Å². The third-order valence-corrected chi connectivity index (χ3v) is 4.95. The molecule has 2 N–H and O–H groups in total. The number of hydrogen-bond donors (Lipinski definition) is 2. The van der Waals surface area contributed by atoms with Crippen molar-refractivity contribution in [1.82, 2.24) is 9.88 Å². The fourth-order valence-corrected chi connectivity index (χ4v) is 3.39. The number of hydrogen-bond acceptors (Lipinski definition) is 5. The first kappa shape index (κ1) is 16.5. The van der Waals surface area contributed by atoms with E-state index in [1.165, 1.54) is 25.7 Å². The summed E-state index contributed by atoms with van der Waals surface area (Å²) in [5.74, 6) is 2.85. The van der Waals surface area contributed by atoms with Crippen LogP contribution in [0.3, 0.4) is 0 Å². The predicted molar refractivity (Wildman–Crippen MR) is 95.0 cm³/mol. The van der Waals surface area contributed by atoms with E-state index in [2.05, 4.69) is 34.6 Å². The van der Waals surface area contributed by atoms with Gasteiger partial charge in [0.15, 0.2) is 0 Å². The van der Waals surface area contributed by atoms with Gasteiger partial charge >= 0.3 is 0 Å². The molecule has 0 bridgehead atoms. The highest BCUT2D eigenvalue weighted by molar-refractivity contribution is 5.45. The zero-order valence-electron chi connectivity index (χ0n) is 14.3. The minimum atomic E-state index is 0.585. The van der Waals surface area contributed by atoms with Gasteiger partial charge in [-0.1, -0.05) is 13.0 Å². The Bertz CT molecular complexity index is 468. The molecule has 1 aliphatic carbocycles. The average molecular weight is 318 g/mol. The molecule has 0 unspecified atom stereocenters. The van der Waals surface area contributed by atoms with Crippen molar-refractivity contribution in [1.29, 1.82) is 0 Å². The van der Waals surface area contributed by atoms with Crippen LogP contribution < -0.4 is 10.6 Å². The smallest absolute Gasteiger partial charge is 0.128 e. The second kappa shape index (κ2) is 8.50. The molecule has 0 amide bonds. The highest BCUT2D eigenvalue weighted by atomic mass is 16.5. The van der Waals surface area contributed by atoms with Gasteiger partial charge in [-0.25, -0.2) is 4.98 Å². The maximum Gasteiger partial charge on any atom is 0.128 e. The van der Waals surface area contributed by atoms with E-state index in [-0.39, 0.29) is 0 Å². The summed E-state index contributed by atoms with van der Waals surface area (Å²) in [6.45, 7) is 8.12. The van der Waals surface area contributed by atoms with Gasteiger partial charge in [0.05, 0.1) is 13.2 Å². The molecule has 0 atom stereocenters. The Balaban J connectivity index is 1.43. The molecule has 1 aromatic rings. The minimum absolute atomic E-state index is 0.585. The van der Waals surface area contributed by atoms with Crippen molar-refractivity contribution in [2.75, 3.05) is 50.0 Å². The first-order valence-corrected chi connectivity index (χ1v) is 9.07. The van der Waals surface area contributed by atoms with Crippen LogP contribution in [0.2, 0.25) is 0 Å². The molecule has 1 saturated heterocycles. The van der Waals surface area contributed by atoms with Crippen LogP contribution in [0.4, 0.5) is 11.6 Å². The monoisotopic (exact) mass is 318 g/mol. The summed E-state index contributed by atoms with van der Waals surface area (Å²) in [6.07, 6.45) is 5.18. The quantitative estimate of drug-likeness (QED) is 0.845. The molecule has 2 heterocycles. The Morgan fingerprint density at radius 2 is 1.87 bits per heavy atom. The number of nitrogens with one attached hydrogen (secondary N) is 2. The van der Waals surface area contributed by atoms with Gasteiger partial charge in [0, 0.05) is 32.2 Å². The van der Waals surface area contributed by atoms with Crippen LogP contribution in [0.1, 0.15) is 32.6 Å². The second-order valence-electron chi connectivity index (χ2n) is 6.89. The van der Waals surface area contributed by atoms with Gasteiger partial charge in [-0.15, -0.1) is 0 Å².